The molecule has 0 amide bonds. The molecule has 0 saturated carbocycles. The van der Waals surface area contributed by atoms with E-state index in [1.807, 2.05) is 0 Å². The highest BCUT2D eigenvalue weighted by molar-refractivity contribution is 5.84. The highest BCUT2D eigenvalue weighted by Crippen LogP contribution is 2.55. The van der Waals surface area contributed by atoms with Crippen LogP contribution in [0.1, 0.15) is 169 Å². The van der Waals surface area contributed by atoms with E-state index in [9.17, 15) is 0 Å². The largest absolute Gasteiger partial charge is 0.399 e. The molecule has 43 heavy (non-hydrogen) atoms. The van der Waals surface area contributed by atoms with Gasteiger partial charge in [0.05, 0.1) is 0 Å². The van der Waals surface area contributed by atoms with Gasteiger partial charge in [-0.3, -0.25) is 0 Å². The van der Waals surface area contributed by atoms with Gasteiger partial charge in [-0.1, -0.05) is 150 Å². The second-order valence-electron chi connectivity index (χ2n) is 15.7. The third-order valence-electron chi connectivity index (χ3n) is 11.3. The van der Waals surface area contributed by atoms with Gasteiger partial charge in [0.1, 0.15) is 0 Å². The molecule has 3 rings (SSSR count). The topological polar surface area (TPSA) is 29.3 Å². The Morgan fingerprint density at radius 1 is 0.628 bits per heavy atom. The summed E-state index contributed by atoms with van der Waals surface area (Å²) < 4.78 is 0. The molecule has 0 atom stereocenters. The second kappa shape index (κ2) is 16.4. The van der Waals surface area contributed by atoms with Crippen molar-refractivity contribution in [1.29, 1.82) is 0 Å². The Morgan fingerprint density at radius 2 is 1.09 bits per heavy atom. The second-order valence-corrected chi connectivity index (χ2v) is 15.7. The minimum atomic E-state index is 0.0778. The van der Waals surface area contributed by atoms with E-state index in [4.69, 9.17) is 5.73 Å². The van der Waals surface area contributed by atoms with Crippen LogP contribution in [-0.4, -0.2) is 13.6 Å². The van der Waals surface area contributed by atoms with Crippen molar-refractivity contribution in [1.82, 2.24) is 0 Å². The van der Waals surface area contributed by atoms with Gasteiger partial charge in [-0.25, -0.2) is 0 Å². The van der Waals surface area contributed by atoms with Gasteiger partial charge < -0.3 is 10.6 Å². The summed E-state index contributed by atoms with van der Waals surface area (Å²) in [6.07, 6.45) is 22.7. The van der Waals surface area contributed by atoms with Crippen molar-refractivity contribution in [2.75, 3.05) is 24.2 Å². The zero-order valence-corrected chi connectivity index (χ0v) is 29.7. The molecule has 0 spiro atoms. The fourth-order valence-electron chi connectivity index (χ4n) is 7.12. The highest BCUT2D eigenvalue weighted by atomic mass is 15.1. The smallest absolute Gasteiger partial charge is 0.0367 e. The van der Waals surface area contributed by atoms with Gasteiger partial charge in [0, 0.05) is 30.4 Å². The number of anilines is 2. The Kier molecular flexibility index (Phi) is 13.5. The average molecular weight is 589 g/mol. The molecule has 2 aromatic rings. The van der Waals surface area contributed by atoms with Crippen LogP contribution in [0.3, 0.4) is 0 Å². The summed E-state index contributed by atoms with van der Waals surface area (Å²) in [6.45, 7) is 17.7. The van der Waals surface area contributed by atoms with Crippen molar-refractivity contribution in [2.24, 2.45) is 10.8 Å². The van der Waals surface area contributed by atoms with Crippen molar-refractivity contribution >= 4 is 11.4 Å². The monoisotopic (exact) mass is 589 g/mol. The lowest BCUT2D eigenvalue weighted by molar-refractivity contribution is 0.122. The van der Waals surface area contributed by atoms with E-state index in [0.29, 0.717) is 0 Å². The van der Waals surface area contributed by atoms with Crippen LogP contribution in [0.15, 0.2) is 36.4 Å². The molecule has 0 aliphatic heterocycles. The third-order valence-corrected chi connectivity index (χ3v) is 11.3. The van der Waals surface area contributed by atoms with E-state index in [0.717, 1.165) is 12.2 Å². The zero-order valence-electron chi connectivity index (χ0n) is 29.7. The molecule has 2 heteroatoms. The Labute approximate surface area is 267 Å². The molecular formula is C41H68N2. The van der Waals surface area contributed by atoms with Crippen LogP contribution in [0.5, 0.6) is 0 Å². The van der Waals surface area contributed by atoms with Crippen LogP contribution < -0.4 is 10.6 Å². The molecule has 0 radical (unpaired) electrons. The van der Waals surface area contributed by atoms with E-state index in [1.165, 1.54) is 132 Å². The molecule has 2 nitrogen and oxygen atoms in total. The summed E-state index contributed by atoms with van der Waals surface area (Å²) >= 11 is 0. The summed E-state index contributed by atoms with van der Waals surface area (Å²) in [4.78, 5) is 2.51. The lowest BCUT2D eigenvalue weighted by Gasteiger charge is -2.40. The number of fused-ring (bicyclic) bond motifs is 3. The number of benzene rings is 2. The van der Waals surface area contributed by atoms with Gasteiger partial charge in [-0.15, -0.1) is 0 Å². The summed E-state index contributed by atoms with van der Waals surface area (Å²) in [5, 5.41) is 0. The normalized spacial score (nSPS) is 14.1. The zero-order chi connectivity index (χ0) is 31.5. The number of nitrogens with zero attached hydrogens (tertiary/aromatic N) is 1. The Bertz CT molecular complexity index is 1090. The molecule has 0 unspecified atom stereocenters. The lowest BCUT2D eigenvalue weighted by atomic mass is 9.67. The first-order valence-corrected chi connectivity index (χ1v) is 18.2. The summed E-state index contributed by atoms with van der Waals surface area (Å²) in [7, 11) is 2.30. The van der Waals surface area contributed by atoms with Crippen LogP contribution >= 0.6 is 0 Å². The number of rotatable bonds is 20. The van der Waals surface area contributed by atoms with Crippen LogP contribution in [0.25, 0.3) is 11.1 Å². The van der Waals surface area contributed by atoms with Crippen LogP contribution in [0.2, 0.25) is 0 Å². The predicted molar refractivity (Wildman–Crippen MR) is 193 cm³/mol. The van der Waals surface area contributed by atoms with E-state index >= 15 is 0 Å². The van der Waals surface area contributed by atoms with E-state index in [2.05, 4.69) is 96.8 Å². The first-order chi connectivity index (χ1) is 20.5. The molecule has 242 valence electrons. The Balaban J connectivity index is 1.89. The quantitative estimate of drug-likeness (QED) is 0.123. The minimum absolute atomic E-state index is 0.0778. The van der Waals surface area contributed by atoms with Crippen molar-refractivity contribution in [3.8, 4) is 11.1 Å². The molecule has 0 heterocycles. The van der Waals surface area contributed by atoms with Crippen molar-refractivity contribution in [3.05, 3.63) is 47.5 Å². The maximum Gasteiger partial charge on any atom is 0.0367 e. The van der Waals surface area contributed by atoms with Crippen LogP contribution in [0.4, 0.5) is 11.4 Å². The van der Waals surface area contributed by atoms with Gasteiger partial charge in [0.25, 0.3) is 0 Å². The lowest BCUT2D eigenvalue weighted by Crippen LogP contribution is -2.34. The standard InChI is InChI=1S/C41H68N2/c1-9-11-13-15-17-19-21-27-41(28-22-20-18-16-14-12-10-2)37-31-33(42)23-25-35(37)36-26-24-34(32-38(36)41)43(8)30-29-40(6,7)39(3,4)5/h23-26,31-32H,9-22,27-30,42H2,1-8H3. The first-order valence-electron chi connectivity index (χ1n) is 18.2. The first kappa shape index (κ1) is 35.5. The highest BCUT2D eigenvalue weighted by Gasteiger charge is 2.42. The molecule has 0 bridgehead atoms. The molecule has 1 aliphatic rings. The van der Waals surface area contributed by atoms with Crippen molar-refractivity contribution in [2.45, 2.75) is 163 Å². The predicted octanol–water partition coefficient (Wildman–Crippen LogP) is 12.7. The fourth-order valence-corrected chi connectivity index (χ4v) is 7.12. The number of hydrogen-bond donors (Lipinski definition) is 1. The Morgan fingerprint density at radius 3 is 1.60 bits per heavy atom. The fraction of sp³-hybridized carbons (Fsp3) is 0.707. The van der Waals surface area contributed by atoms with E-state index in [1.54, 1.807) is 5.56 Å². The van der Waals surface area contributed by atoms with Crippen molar-refractivity contribution < 1.29 is 0 Å². The average Bonchev–Trinajstić information content (AvgIpc) is 3.22. The SMILES string of the molecule is CCCCCCCCCC1(CCCCCCCCC)c2cc(N)ccc2-c2ccc(N(C)CCC(C)(C)C(C)(C)C)cc21. The minimum Gasteiger partial charge on any atom is -0.399 e. The number of nitrogen functional groups attached to an aromatic ring is 1. The number of hydrogen-bond acceptors (Lipinski definition) is 2. The molecule has 2 aromatic carbocycles. The molecule has 2 N–H and O–H groups in total. The number of nitrogens with two attached hydrogens (primary N) is 1. The van der Waals surface area contributed by atoms with Gasteiger partial charge in [0.2, 0.25) is 0 Å². The molecule has 0 aromatic heterocycles. The maximum absolute atomic E-state index is 6.52. The maximum atomic E-state index is 6.52. The molecule has 1 aliphatic carbocycles. The van der Waals surface area contributed by atoms with Gasteiger partial charge in [-0.05, 0) is 76.6 Å². The van der Waals surface area contributed by atoms with Gasteiger partial charge in [-0.2, -0.15) is 0 Å². The van der Waals surface area contributed by atoms with Gasteiger partial charge in [0.15, 0.2) is 0 Å². The van der Waals surface area contributed by atoms with E-state index < -0.39 is 0 Å². The molecule has 0 fully saturated rings. The summed E-state index contributed by atoms with van der Waals surface area (Å²) in [6, 6.07) is 14.2. The summed E-state index contributed by atoms with van der Waals surface area (Å²) in [5.74, 6) is 0. The van der Waals surface area contributed by atoms with Crippen molar-refractivity contribution in [3.63, 3.8) is 0 Å². The molecular weight excluding hydrogens is 520 g/mol. The third kappa shape index (κ3) is 9.27. The molecule has 0 saturated heterocycles. The number of unbranched alkanes of at least 4 members (excludes halogenated alkanes) is 12. The summed E-state index contributed by atoms with van der Waals surface area (Å²) in [5.41, 5.74) is 15.4. The van der Waals surface area contributed by atoms with Crippen LogP contribution in [0, 0.1) is 10.8 Å². The van der Waals surface area contributed by atoms with Crippen LogP contribution in [-0.2, 0) is 5.41 Å². The van der Waals surface area contributed by atoms with E-state index in [-0.39, 0.29) is 16.2 Å². The Hall–Kier alpha value is -1.96. The van der Waals surface area contributed by atoms with Gasteiger partial charge >= 0.3 is 0 Å².